The zero-order chi connectivity index (χ0) is 16.2. The lowest BCUT2D eigenvalue weighted by atomic mass is 10.2. The van der Waals surface area contributed by atoms with E-state index in [1.54, 1.807) is 16.2 Å². The van der Waals surface area contributed by atoms with Gasteiger partial charge in [-0.2, -0.15) is 0 Å². The number of halogens is 1. The van der Waals surface area contributed by atoms with Gasteiger partial charge in [-0.1, -0.05) is 11.6 Å². The van der Waals surface area contributed by atoms with Gasteiger partial charge in [-0.25, -0.2) is 4.79 Å². The Kier molecular flexibility index (Phi) is 6.09. The van der Waals surface area contributed by atoms with Gasteiger partial charge in [-0.05, 0) is 32.9 Å². The monoisotopic (exact) mass is 346 g/mol. The molecule has 0 aliphatic carbocycles. The SMILES string of the molecule is CC(C)(C)OC(=O)N1CCOCC1CNCc1ccc(Cl)s1. The van der Waals surface area contributed by atoms with Crippen LogP contribution in [0.1, 0.15) is 25.6 Å². The molecule has 1 aliphatic rings. The molecule has 124 valence electrons. The Morgan fingerprint density at radius 2 is 2.32 bits per heavy atom. The molecule has 1 aromatic rings. The molecule has 1 N–H and O–H groups in total. The van der Waals surface area contributed by atoms with E-state index < -0.39 is 5.60 Å². The van der Waals surface area contributed by atoms with Crippen LogP contribution in [-0.4, -0.2) is 48.9 Å². The van der Waals surface area contributed by atoms with Crippen molar-refractivity contribution >= 4 is 29.0 Å². The van der Waals surface area contributed by atoms with Gasteiger partial charge in [0.25, 0.3) is 0 Å². The Bertz CT molecular complexity index is 501. The van der Waals surface area contributed by atoms with Crippen molar-refractivity contribution in [3.63, 3.8) is 0 Å². The van der Waals surface area contributed by atoms with E-state index in [0.29, 0.717) is 26.3 Å². The first kappa shape index (κ1) is 17.5. The van der Waals surface area contributed by atoms with Crippen molar-refractivity contribution in [3.05, 3.63) is 21.3 Å². The van der Waals surface area contributed by atoms with Gasteiger partial charge in [0.2, 0.25) is 0 Å². The Morgan fingerprint density at radius 1 is 1.55 bits per heavy atom. The molecule has 22 heavy (non-hydrogen) atoms. The van der Waals surface area contributed by atoms with Gasteiger partial charge in [0.15, 0.2) is 0 Å². The van der Waals surface area contributed by atoms with Crippen LogP contribution < -0.4 is 5.32 Å². The summed E-state index contributed by atoms with van der Waals surface area (Å²) in [6, 6.07) is 3.88. The molecule has 5 nitrogen and oxygen atoms in total. The molecule has 7 heteroatoms. The highest BCUT2D eigenvalue weighted by Gasteiger charge is 2.30. The third-order valence-electron chi connectivity index (χ3n) is 3.16. The predicted octanol–water partition coefficient (Wildman–Crippen LogP) is 3.13. The summed E-state index contributed by atoms with van der Waals surface area (Å²) < 4.78 is 11.7. The van der Waals surface area contributed by atoms with Crippen molar-refractivity contribution in [3.8, 4) is 0 Å². The topological polar surface area (TPSA) is 50.8 Å². The highest BCUT2D eigenvalue weighted by atomic mass is 35.5. The number of nitrogens with one attached hydrogen (secondary N) is 1. The lowest BCUT2D eigenvalue weighted by molar-refractivity contribution is -0.0317. The lowest BCUT2D eigenvalue weighted by Gasteiger charge is -2.36. The number of carbonyl (C=O) groups excluding carboxylic acids is 1. The lowest BCUT2D eigenvalue weighted by Crippen LogP contribution is -2.53. The van der Waals surface area contributed by atoms with Crippen LogP contribution in [0, 0.1) is 0 Å². The molecule has 2 heterocycles. The Morgan fingerprint density at radius 3 is 2.95 bits per heavy atom. The molecule has 1 atom stereocenters. The Hall–Kier alpha value is -0.820. The number of thiophene rings is 1. The van der Waals surface area contributed by atoms with E-state index in [0.717, 1.165) is 10.9 Å². The molecular formula is C15H23ClN2O3S. The fourth-order valence-corrected chi connectivity index (χ4v) is 3.25. The van der Waals surface area contributed by atoms with Crippen LogP contribution in [0.15, 0.2) is 12.1 Å². The van der Waals surface area contributed by atoms with Crippen LogP contribution in [0.5, 0.6) is 0 Å². The number of morpholine rings is 1. The first-order valence-electron chi connectivity index (χ1n) is 7.37. The number of ether oxygens (including phenoxy) is 2. The van der Waals surface area contributed by atoms with Gasteiger partial charge in [0.1, 0.15) is 5.60 Å². The van der Waals surface area contributed by atoms with E-state index in [2.05, 4.69) is 5.32 Å². The second kappa shape index (κ2) is 7.64. The summed E-state index contributed by atoms with van der Waals surface area (Å²) in [4.78, 5) is 15.2. The van der Waals surface area contributed by atoms with Crippen molar-refractivity contribution in [1.82, 2.24) is 10.2 Å². The first-order chi connectivity index (χ1) is 10.3. The van der Waals surface area contributed by atoms with Crippen molar-refractivity contribution < 1.29 is 14.3 Å². The molecule has 1 aliphatic heterocycles. The number of hydrogen-bond donors (Lipinski definition) is 1. The Balaban J connectivity index is 1.85. The first-order valence-corrected chi connectivity index (χ1v) is 8.57. The normalized spacial score (nSPS) is 19.3. The third kappa shape index (κ3) is 5.43. The summed E-state index contributed by atoms with van der Waals surface area (Å²) in [5.74, 6) is 0. The minimum atomic E-state index is -0.485. The molecule has 0 aromatic carbocycles. The number of nitrogens with zero attached hydrogens (tertiary/aromatic N) is 1. The number of carbonyl (C=O) groups is 1. The summed E-state index contributed by atoms with van der Waals surface area (Å²) in [6.07, 6.45) is -0.276. The average Bonchev–Trinajstić information content (AvgIpc) is 2.83. The average molecular weight is 347 g/mol. The molecule has 0 saturated carbocycles. The van der Waals surface area contributed by atoms with E-state index in [9.17, 15) is 4.79 Å². The molecule has 0 radical (unpaired) electrons. The van der Waals surface area contributed by atoms with Gasteiger partial charge in [0.05, 0.1) is 23.6 Å². The van der Waals surface area contributed by atoms with Crippen molar-refractivity contribution in [1.29, 1.82) is 0 Å². The predicted molar refractivity (Wildman–Crippen MR) is 88.6 cm³/mol. The van der Waals surface area contributed by atoms with Gasteiger partial charge in [-0.15, -0.1) is 11.3 Å². The van der Waals surface area contributed by atoms with Crippen LogP contribution in [0.4, 0.5) is 4.79 Å². The zero-order valence-electron chi connectivity index (χ0n) is 13.2. The van der Waals surface area contributed by atoms with Crippen molar-refractivity contribution in [2.75, 3.05) is 26.3 Å². The molecule has 2 rings (SSSR count). The van der Waals surface area contributed by atoms with Crippen LogP contribution in [-0.2, 0) is 16.0 Å². The minimum absolute atomic E-state index is 0.0148. The van der Waals surface area contributed by atoms with Gasteiger partial charge < -0.3 is 14.8 Å². The van der Waals surface area contributed by atoms with Crippen LogP contribution in [0.2, 0.25) is 4.34 Å². The summed E-state index contributed by atoms with van der Waals surface area (Å²) in [7, 11) is 0. The highest BCUT2D eigenvalue weighted by molar-refractivity contribution is 7.16. The maximum Gasteiger partial charge on any atom is 0.410 e. The quantitative estimate of drug-likeness (QED) is 0.910. The standard InChI is InChI=1S/C15H23ClN2O3S/c1-15(2,3)21-14(19)18-6-7-20-10-11(18)8-17-9-12-4-5-13(16)22-12/h4-5,11,17H,6-10H2,1-3H3. The van der Waals surface area contributed by atoms with Gasteiger partial charge in [0, 0.05) is 24.5 Å². The molecule has 0 bridgehead atoms. The maximum atomic E-state index is 12.3. The maximum absolute atomic E-state index is 12.3. The number of rotatable bonds is 4. The summed E-state index contributed by atoms with van der Waals surface area (Å²) in [5, 5.41) is 3.35. The molecule has 1 aromatic heterocycles. The zero-order valence-corrected chi connectivity index (χ0v) is 14.8. The summed E-state index contributed by atoms with van der Waals surface area (Å²) in [6.45, 7) is 8.65. The van der Waals surface area contributed by atoms with Crippen molar-refractivity contribution in [2.24, 2.45) is 0 Å². The fourth-order valence-electron chi connectivity index (χ4n) is 2.19. The van der Waals surface area contributed by atoms with E-state index in [4.69, 9.17) is 21.1 Å². The van der Waals surface area contributed by atoms with E-state index >= 15 is 0 Å². The molecule has 0 spiro atoms. The van der Waals surface area contributed by atoms with E-state index in [1.807, 2.05) is 32.9 Å². The highest BCUT2D eigenvalue weighted by Crippen LogP contribution is 2.21. The largest absolute Gasteiger partial charge is 0.444 e. The summed E-state index contributed by atoms with van der Waals surface area (Å²) in [5.41, 5.74) is -0.485. The van der Waals surface area contributed by atoms with Crippen LogP contribution in [0.3, 0.4) is 0 Å². The molecule has 1 unspecified atom stereocenters. The fraction of sp³-hybridized carbons (Fsp3) is 0.667. The molecule has 1 fully saturated rings. The Labute approximate surface area is 140 Å². The molecule has 1 amide bonds. The minimum Gasteiger partial charge on any atom is -0.444 e. The van der Waals surface area contributed by atoms with Crippen molar-refractivity contribution in [2.45, 2.75) is 39.0 Å². The van der Waals surface area contributed by atoms with Gasteiger partial charge >= 0.3 is 6.09 Å². The van der Waals surface area contributed by atoms with Gasteiger partial charge in [-0.3, -0.25) is 4.90 Å². The summed E-state index contributed by atoms with van der Waals surface area (Å²) >= 11 is 7.47. The van der Waals surface area contributed by atoms with E-state index in [-0.39, 0.29) is 12.1 Å². The smallest absolute Gasteiger partial charge is 0.410 e. The number of amides is 1. The second-order valence-electron chi connectivity index (χ2n) is 6.24. The van der Waals surface area contributed by atoms with E-state index in [1.165, 1.54) is 4.88 Å². The number of hydrogen-bond acceptors (Lipinski definition) is 5. The van der Waals surface area contributed by atoms with Crippen LogP contribution >= 0.6 is 22.9 Å². The molecular weight excluding hydrogens is 324 g/mol. The molecule has 1 saturated heterocycles. The third-order valence-corrected chi connectivity index (χ3v) is 4.39. The second-order valence-corrected chi connectivity index (χ2v) is 8.04. The van der Waals surface area contributed by atoms with Crippen LogP contribution in [0.25, 0.3) is 0 Å².